The number of nitrogens with one attached hydrogen (secondary N) is 1. The average Bonchev–Trinajstić information content (AvgIpc) is 2.16. The van der Waals surface area contributed by atoms with Gasteiger partial charge in [0.15, 0.2) is 0 Å². The third kappa shape index (κ3) is 2.03. The summed E-state index contributed by atoms with van der Waals surface area (Å²) >= 11 is 0. The van der Waals surface area contributed by atoms with Crippen molar-refractivity contribution in [3.63, 3.8) is 0 Å². The second-order valence-electron chi connectivity index (χ2n) is 3.64. The molecule has 0 radical (unpaired) electrons. The molecule has 1 nitrogen and oxygen atoms in total. The van der Waals surface area contributed by atoms with Crippen LogP contribution in [0.2, 0.25) is 0 Å². The summed E-state index contributed by atoms with van der Waals surface area (Å²) in [6.07, 6.45) is 1.09. The zero-order chi connectivity index (χ0) is 9.84. The molecule has 0 unspecified atom stereocenters. The van der Waals surface area contributed by atoms with Crippen molar-refractivity contribution >= 4 is 5.69 Å². The predicted octanol–water partition coefficient (Wildman–Crippen LogP) is 3.66. The molecule has 1 rings (SSSR count). The molecule has 0 atom stereocenters. The van der Waals surface area contributed by atoms with Crippen LogP contribution in [0.25, 0.3) is 0 Å². The summed E-state index contributed by atoms with van der Waals surface area (Å²) in [5.41, 5.74) is 4.15. The molecule has 1 aromatic rings. The summed E-state index contributed by atoms with van der Waals surface area (Å²) in [5.74, 6) is 0.592. The first-order chi connectivity index (χ1) is 6.20. The summed E-state index contributed by atoms with van der Waals surface area (Å²) in [5, 5.41) is 3.30. The number of para-hydroxylation sites is 1. The Morgan fingerprint density at radius 2 is 2.08 bits per heavy atom. The highest BCUT2D eigenvalue weighted by atomic mass is 14.8. The van der Waals surface area contributed by atoms with Gasteiger partial charge in [0, 0.05) is 14.2 Å². The van der Waals surface area contributed by atoms with E-state index in [1.807, 2.05) is 7.05 Å². The molecule has 1 N–H and O–H groups in total. The molecule has 0 aliphatic heterocycles. The van der Waals surface area contributed by atoms with Gasteiger partial charge in [-0.3, -0.25) is 0 Å². The minimum atomic E-state index is 0. The predicted molar refractivity (Wildman–Crippen MR) is 61.6 cm³/mol. The van der Waals surface area contributed by atoms with Crippen LogP contribution in [0.15, 0.2) is 18.2 Å². The van der Waals surface area contributed by atoms with Gasteiger partial charge in [-0.15, -0.1) is 0 Å². The first-order valence-corrected chi connectivity index (χ1v) is 5.00. The summed E-state index contributed by atoms with van der Waals surface area (Å²) in [7, 11) is 2.00. The Bertz CT molecular complexity index is 282. The maximum Gasteiger partial charge on any atom is 0.0405 e. The molecule has 13 heavy (non-hydrogen) atoms. The minimum Gasteiger partial charge on any atom is -0.388 e. The molecule has 0 amide bonds. The van der Waals surface area contributed by atoms with Gasteiger partial charge in [-0.25, -0.2) is 0 Å². The maximum absolute atomic E-state index is 3.30. The average molecular weight is 179 g/mol. The van der Waals surface area contributed by atoms with E-state index in [1.165, 1.54) is 16.8 Å². The monoisotopic (exact) mass is 179 g/mol. The Morgan fingerprint density at radius 1 is 1.38 bits per heavy atom. The molecule has 0 fully saturated rings. The van der Waals surface area contributed by atoms with Gasteiger partial charge in [0.2, 0.25) is 0 Å². The van der Waals surface area contributed by atoms with Crippen molar-refractivity contribution in [2.24, 2.45) is 0 Å². The van der Waals surface area contributed by atoms with Crippen LogP contribution in [-0.2, 0) is 6.42 Å². The molecular formula is C12H21N. The third-order valence-electron chi connectivity index (χ3n) is 2.44. The van der Waals surface area contributed by atoms with E-state index in [9.17, 15) is 0 Å². The molecule has 0 aromatic heterocycles. The van der Waals surface area contributed by atoms with Crippen LogP contribution in [-0.4, -0.2) is 7.05 Å². The number of hydrogen-bond donors (Lipinski definition) is 1. The van der Waals surface area contributed by atoms with E-state index in [0.717, 1.165) is 6.42 Å². The SMILES string of the molecule is CCc1cccc(C(C)C)c1NC.[HH]. The zero-order valence-corrected chi connectivity index (χ0v) is 9.02. The van der Waals surface area contributed by atoms with Crippen molar-refractivity contribution < 1.29 is 1.43 Å². The highest BCUT2D eigenvalue weighted by Crippen LogP contribution is 2.27. The lowest BCUT2D eigenvalue weighted by Gasteiger charge is -2.15. The van der Waals surface area contributed by atoms with Gasteiger partial charge < -0.3 is 5.32 Å². The van der Waals surface area contributed by atoms with Crippen LogP contribution in [0, 0.1) is 0 Å². The van der Waals surface area contributed by atoms with Crippen molar-refractivity contribution in [3.05, 3.63) is 29.3 Å². The fraction of sp³-hybridized carbons (Fsp3) is 0.500. The van der Waals surface area contributed by atoms with Gasteiger partial charge in [-0.2, -0.15) is 0 Å². The largest absolute Gasteiger partial charge is 0.388 e. The normalized spacial score (nSPS) is 10.5. The van der Waals surface area contributed by atoms with Crippen LogP contribution in [0.3, 0.4) is 0 Å². The van der Waals surface area contributed by atoms with Crippen LogP contribution < -0.4 is 5.32 Å². The molecule has 0 aliphatic carbocycles. The lowest BCUT2D eigenvalue weighted by atomic mass is 9.97. The van der Waals surface area contributed by atoms with Crippen molar-refractivity contribution in [1.82, 2.24) is 0 Å². The van der Waals surface area contributed by atoms with Crippen molar-refractivity contribution in [3.8, 4) is 0 Å². The standard InChI is InChI=1S/C12H19N.H2/c1-5-10-7-6-8-11(9(2)3)12(10)13-4;/h6-9,13H,5H2,1-4H3;1H. The third-order valence-corrected chi connectivity index (χ3v) is 2.44. The molecule has 74 valence electrons. The molecule has 1 aromatic carbocycles. The Balaban J connectivity index is 0.00000169. The van der Waals surface area contributed by atoms with Crippen LogP contribution in [0.1, 0.15) is 39.2 Å². The van der Waals surface area contributed by atoms with Gasteiger partial charge >= 0.3 is 0 Å². The van der Waals surface area contributed by atoms with Gasteiger partial charge in [-0.1, -0.05) is 39.0 Å². The fourth-order valence-electron chi connectivity index (χ4n) is 1.70. The molecule has 0 spiro atoms. The Morgan fingerprint density at radius 3 is 2.54 bits per heavy atom. The highest BCUT2D eigenvalue weighted by Gasteiger charge is 2.07. The van der Waals surface area contributed by atoms with Gasteiger partial charge in [0.1, 0.15) is 0 Å². The first kappa shape index (κ1) is 10.1. The van der Waals surface area contributed by atoms with Gasteiger partial charge in [-0.05, 0) is 23.5 Å². The van der Waals surface area contributed by atoms with E-state index < -0.39 is 0 Å². The Kier molecular flexibility index (Phi) is 3.35. The van der Waals surface area contributed by atoms with E-state index in [1.54, 1.807) is 0 Å². The summed E-state index contributed by atoms with van der Waals surface area (Å²) < 4.78 is 0. The zero-order valence-electron chi connectivity index (χ0n) is 9.02. The van der Waals surface area contributed by atoms with Gasteiger partial charge in [0.05, 0.1) is 0 Å². The molecule has 1 heteroatoms. The number of rotatable bonds is 3. The van der Waals surface area contributed by atoms with E-state index in [4.69, 9.17) is 0 Å². The molecule has 0 heterocycles. The lowest BCUT2D eigenvalue weighted by Crippen LogP contribution is -2.01. The van der Waals surface area contributed by atoms with E-state index in [0.29, 0.717) is 5.92 Å². The summed E-state index contributed by atoms with van der Waals surface area (Å²) in [6.45, 7) is 6.66. The Hall–Kier alpha value is -0.980. The van der Waals surface area contributed by atoms with E-state index in [2.05, 4.69) is 44.3 Å². The highest BCUT2D eigenvalue weighted by molar-refractivity contribution is 5.58. The molecular weight excluding hydrogens is 158 g/mol. The summed E-state index contributed by atoms with van der Waals surface area (Å²) in [6, 6.07) is 6.54. The smallest absolute Gasteiger partial charge is 0.0405 e. The summed E-state index contributed by atoms with van der Waals surface area (Å²) in [4.78, 5) is 0. The topological polar surface area (TPSA) is 12.0 Å². The molecule has 0 saturated carbocycles. The minimum absolute atomic E-state index is 0. The van der Waals surface area contributed by atoms with Crippen molar-refractivity contribution in [2.75, 3.05) is 12.4 Å². The van der Waals surface area contributed by atoms with Crippen LogP contribution in [0.5, 0.6) is 0 Å². The maximum atomic E-state index is 3.30. The number of benzene rings is 1. The molecule has 0 bridgehead atoms. The van der Waals surface area contributed by atoms with Crippen LogP contribution >= 0.6 is 0 Å². The second-order valence-corrected chi connectivity index (χ2v) is 3.64. The van der Waals surface area contributed by atoms with E-state index in [-0.39, 0.29) is 1.43 Å². The molecule has 0 aliphatic rings. The van der Waals surface area contributed by atoms with Crippen molar-refractivity contribution in [1.29, 1.82) is 0 Å². The number of anilines is 1. The fourth-order valence-corrected chi connectivity index (χ4v) is 1.70. The Labute approximate surface area is 82.7 Å². The van der Waals surface area contributed by atoms with Crippen LogP contribution in [0.4, 0.5) is 5.69 Å². The first-order valence-electron chi connectivity index (χ1n) is 5.00. The van der Waals surface area contributed by atoms with Gasteiger partial charge in [0.25, 0.3) is 0 Å². The van der Waals surface area contributed by atoms with Crippen molar-refractivity contribution in [2.45, 2.75) is 33.1 Å². The second kappa shape index (κ2) is 4.31. The van der Waals surface area contributed by atoms with E-state index >= 15 is 0 Å². The quantitative estimate of drug-likeness (QED) is 0.746. The lowest BCUT2D eigenvalue weighted by molar-refractivity contribution is 0.864. The number of hydrogen-bond acceptors (Lipinski definition) is 1. The molecule has 0 saturated heterocycles. The number of aryl methyl sites for hydroxylation is 1.